The first-order chi connectivity index (χ1) is 16.8. The number of benzene rings is 6. The zero-order chi connectivity index (χ0) is 22.6. The molecule has 34 heavy (non-hydrogen) atoms. The van der Waals surface area contributed by atoms with Crippen molar-refractivity contribution in [3.05, 3.63) is 126 Å². The zero-order valence-electron chi connectivity index (χ0n) is 18.4. The second-order valence-electron chi connectivity index (χ2n) is 8.79. The van der Waals surface area contributed by atoms with Gasteiger partial charge in [0.2, 0.25) is 0 Å². The molecular weight excluding hydrogens is 434 g/mol. The van der Waals surface area contributed by atoms with Gasteiger partial charge >= 0.3 is 0 Å². The van der Waals surface area contributed by atoms with Crippen molar-refractivity contribution >= 4 is 55.0 Å². The Balaban J connectivity index is 1.46. The summed E-state index contributed by atoms with van der Waals surface area (Å²) >= 11 is 6.07. The fourth-order valence-electron chi connectivity index (χ4n) is 5.21. The van der Waals surface area contributed by atoms with Gasteiger partial charge < -0.3 is 4.57 Å². The molecule has 1 aromatic heterocycles. The quantitative estimate of drug-likeness (QED) is 0.245. The maximum absolute atomic E-state index is 6.07. The predicted octanol–water partition coefficient (Wildman–Crippen LogP) is 9.41. The Morgan fingerprint density at radius 3 is 2.03 bits per heavy atom. The van der Waals surface area contributed by atoms with E-state index in [1.54, 1.807) is 0 Å². The molecule has 0 saturated carbocycles. The Kier molecular flexibility index (Phi) is 4.27. The summed E-state index contributed by atoms with van der Waals surface area (Å²) < 4.78 is 2.39. The molecule has 0 fully saturated rings. The molecule has 0 atom stereocenters. The van der Waals surface area contributed by atoms with Gasteiger partial charge in [0, 0.05) is 21.5 Å². The summed E-state index contributed by atoms with van der Waals surface area (Å²) in [4.78, 5) is 0. The van der Waals surface area contributed by atoms with Crippen molar-refractivity contribution in [2.24, 2.45) is 0 Å². The molecule has 0 saturated heterocycles. The Morgan fingerprint density at radius 2 is 1.15 bits per heavy atom. The van der Waals surface area contributed by atoms with Gasteiger partial charge in [0.15, 0.2) is 0 Å². The van der Waals surface area contributed by atoms with Gasteiger partial charge in [0.25, 0.3) is 0 Å². The highest BCUT2D eigenvalue weighted by atomic mass is 35.5. The van der Waals surface area contributed by atoms with Crippen LogP contribution in [0.5, 0.6) is 0 Å². The molecule has 0 aliphatic carbocycles. The lowest BCUT2D eigenvalue weighted by Gasteiger charge is -2.11. The molecule has 6 aromatic carbocycles. The summed E-state index contributed by atoms with van der Waals surface area (Å²) in [6, 6.07) is 43.3. The van der Waals surface area contributed by atoms with Gasteiger partial charge in [-0.1, -0.05) is 90.5 Å². The van der Waals surface area contributed by atoms with Crippen molar-refractivity contribution in [2.45, 2.75) is 0 Å². The third-order valence-corrected chi connectivity index (χ3v) is 7.07. The summed E-state index contributed by atoms with van der Waals surface area (Å²) in [5.41, 5.74) is 6.00. The van der Waals surface area contributed by atoms with E-state index in [2.05, 4.69) is 114 Å². The van der Waals surface area contributed by atoms with E-state index in [0.717, 1.165) is 5.02 Å². The standard InChI is InChI=1S/C32H20ClN/c33-26-15-11-21(12-16-26)23-9-10-25-20-27(17-13-24(25)19-23)34-30-8-4-3-7-29(30)32-28-6-2-1-5-22(28)14-18-31(32)34/h1-20H. The number of fused-ring (bicyclic) bond motifs is 6. The fourth-order valence-corrected chi connectivity index (χ4v) is 5.34. The van der Waals surface area contributed by atoms with Crippen LogP contribution < -0.4 is 0 Å². The number of aromatic nitrogens is 1. The normalized spacial score (nSPS) is 11.7. The van der Waals surface area contributed by atoms with Crippen LogP contribution in [-0.4, -0.2) is 4.57 Å². The molecule has 2 heteroatoms. The maximum atomic E-state index is 6.07. The molecule has 7 aromatic rings. The van der Waals surface area contributed by atoms with E-state index in [1.165, 1.54) is 60.2 Å². The minimum atomic E-state index is 0.758. The first kappa shape index (κ1) is 19.4. The first-order valence-electron chi connectivity index (χ1n) is 11.5. The third-order valence-electron chi connectivity index (χ3n) is 6.82. The molecule has 160 valence electrons. The molecule has 7 rings (SSSR count). The third kappa shape index (κ3) is 2.95. The van der Waals surface area contributed by atoms with Crippen LogP contribution in [0.1, 0.15) is 0 Å². The average Bonchev–Trinajstić information content (AvgIpc) is 3.23. The molecule has 1 heterocycles. The van der Waals surface area contributed by atoms with Crippen LogP contribution in [0.25, 0.3) is 60.2 Å². The van der Waals surface area contributed by atoms with Crippen molar-refractivity contribution < 1.29 is 0 Å². The highest BCUT2D eigenvalue weighted by Gasteiger charge is 2.14. The smallest absolute Gasteiger partial charge is 0.0547 e. The number of rotatable bonds is 2. The Morgan fingerprint density at radius 1 is 0.471 bits per heavy atom. The number of hydrogen-bond donors (Lipinski definition) is 0. The Hall–Kier alpha value is -4.07. The van der Waals surface area contributed by atoms with Crippen molar-refractivity contribution in [1.82, 2.24) is 4.57 Å². The molecule has 0 radical (unpaired) electrons. The highest BCUT2D eigenvalue weighted by Crippen LogP contribution is 2.37. The SMILES string of the molecule is Clc1ccc(-c2ccc3cc(-n4c5ccccc5c5c6ccccc6ccc54)ccc3c2)cc1. The van der Waals surface area contributed by atoms with Crippen LogP contribution in [0, 0.1) is 0 Å². The van der Waals surface area contributed by atoms with Crippen LogP contribution in [0.15, 0.2) is 121 Å². The van der Waals surface area contributed by atoms with Crippen LogP contribution in [0.2, 0.25) is 5.02 Å². The lowest BCUT2D eigenvalue weighted by atomic mass is 10.0. The molecule has 0 aliphatic heterocycles. The van der Waals surface area contributed by atoms with E-state index in [1.807, 2.05) is 12.1 Å². The second-order valence-corrected chi connectivity index (χ2v) is 9.22. The van der Waals surface area contributed by atoms with E-state index in [9.17, 15) is 0 Å². The van der Waals surface area contributed by atoms with Gasteiger partial charge in [0.1, 0.15) is 0 Å². The molecule has 0 spiro atoms. The summed E-state index contributed by atoms with van der Waals surface area (Å²) in [5.74, 6) is 0. The van der Waals surface area contributed by atoms with E-state index in [4.69, 9.17) is 11.6 Å². The number of nitrogens with zero attached hydrogens (tertiary/aromatic N) is 1. The van der Waals surface area contributed by atoms with E-state index < -0.39 is 0 Å². The average molecular weight is 454 g/mol. The lowest BCUT2D eigenvalue weighted by molar-refractivity contribution is 1.19. The van der Waals surface area contributed by atoms with Gasteiger partial charge in [-0.3, -0.25) is 0 Å². The predicted molar refractivity (Wildman–Crippen MR) is 146 cm³/mol. The molecule has 0 N–H and O–H groups in total. The lowest BCUT2D eigenvalue weighted by Crippen LogP contribution is -1.93. The second kappa shape index (κ2) is 7.48. The molecule has 1 nitrogen and oxygen atoms in total. The monoisotopic (exact) mass is 453 g/mol. The fraction of sp³-hybridized carbons (Fsp3) is 0. The minimum absolute atomic E-state index is 0.758. The van der Waals surface area contributed by atoms with Gasteiger partial charge in [-0.25, -0.2) is 0 Å². The summed E-state index contributed by atoms with van der Waals surface area (Å²) in [5, 5.41) is 8.37. The number of halogens is 1. The molecule has 0 aliphatic rings. The van der Waals surface area contributed by atoms with Crippen molar-refractivity contribution in [3.8, 4) is 16.8 Å². The maximum Gasteiger partial charge on any atom is 0.0547 e. The van der Waals surface area contributed by atoms with E-state index in [0.29, 0.717) is 0 Å². The minimum Gasteiger partial charge on any atom is -0.309 e. The van der Waals surface area contributed by atoms with Crippen molar-refractivity contribution in [3.63, 3.8) is 0 Å². The summed E-state index contributed by atoms with van der Waals surface area (Å²) in [6.45, 7) is 0. The largest absolute Gasteiger partial charge is 0.309 e. The van der Waals surface area contributed by atoms with Crippen LogP contribution >= 0.6 is 11.6 Å². The molecule has 0 bridgehead atoms. The van der Waals surface area contributed by atoms with Crippen LogP contribution in [0.3, 0.4) is 0 Å². The topological polar surface area (TPSA) is 4.93 Å². The van der Waals surface area contributed by atoms with Crippen molar-refractivity contribution in [2.75, 3.05) is 0 Å². The van der Waals surface area contributed by atoms with Gasteiger partial charge in [0.05, 0.1) is 11.0 Å². The van der Waals surface area contributed by atoms with Crippen molar-refractivity contribution in [1.29, 1.82) is 0 Å². The van der Waals surface area contributed by atoms with E-state index in [-0.39, 0.29) is 0 Å². The summed E-state index contributed by atoms with van der Waals surface area (Å²) in [6.07, 6.45) is 0. The zero-order valence-corrected chi connectivity index (χ0v) is 19.1. The highest BCUT2D eigenvalue weighted by molar-refractivity contribution is 6.30. The summed E-state index contributed by atoms with van der Waals surface area (Å²) in [7, 11) is 0. The number of para-hydroxylation sites is 1. The van der Waals surface area contributed by atoms with Crippen LogP contribution in [-0.2, 0) is 0 Å². The Bertz CT molecular complexity index is 1860. The number of hydrogen-bond acceptors (Lipinski definition) is 0. The molecule has 0 amide bonds. The first-order valence-corrected chi connectivity index (χ1v) is 11.9. The van der Waals surface area contributed by atoms with Gasteiger partial charge in [-0.2, -0.15) is 0 Å². The molecule has 0 unspecified atom stereocenters. The Labute approximate surface area is 202 Å². The van der Waals surface area contributed by atoms with E-state index >= 15 is 0 Å². The van der Waals surface area contributed by atoms with Gasteiger partial charge in [-0.15, -0.1) is 0 Å². The van der Waals surface area contributed by atoms with Crippen LogP contribution in [0.4, 0.5) is 0 Å². The van der Waals surface area contributed by atoms with Gasteiger partial charge in [-0.05, 0) is 75.1 Å². The molecular formula is C32H20ClN.